The molecule has 3 aliphatic rings. The molecule has 6 N–H and O–H groups in total. The number of nitrogens with two attached hydrogens (primary N) is 1. The van der Waals surface area contributed by atoms with E-state index in [9.17, 15) is 47.9 Å². The summed E-state index contributed by atoms with van der Waals surface area (Å²) < 4.78 is 10.4. The molecule has 0 spiro atoms. The predicted octanol–water partition coefficient (Wildman–Crippen LogP) is 1.49. The third kappa shape index (κ3) is 36.6. The molecule has 67 heavy (non-hydrogen) atoms. The van der Waals surface area contributed by atoms with Crippen LogP contribution in [0, 0.1) is 0 Å². The summed E-state index contributed by atoms with van der Waals surface area (Å²) >= 11 is 13.8. The number of rotatable bonds is 4. The van der Waals surface area contributed by atoms with Crippen LogP contribution >= 0.6 is 47.2 Å². The minimum Gasteiger partial charge on any atom is -0.444 e. The summed E-state index contributed by atoms with van der Waals surface area (Å²) in [6, 6.07) is 0.415. The molecule has 26 heteroatoms. The van der Waals surface area contributed by atoms with E-state index in [-0.39, 0.29) is 36.6 Å². The maximum atomic E-state index is 11.9. The number of ether oxygens (including phenoxy) is 2. The number of alkyl carbamates (subject to hydrolysis) is 2. The van der Waals surface area contributed by atoms with Crippen LogP contribution in [0.15, 0.2) is 0 Å². The highest BCUT2D eigenvalue weighted by atomic mass is 35.5. The Morgan fingerprint density at radius 1 is 0.537 bits per heavy atom. The van der Waals surface area contributed by atoms with Crippen molar-refractivity contribution in [3.63, 3.8) is 0 Å². The predicted molar refractivity (Wildman–Crippen MR) is 259 cm³/mol. The van der Waals surface area contributed by atoms with Crippen molar-refractivity contribution in [1.29, 1.82) is 0 Å². The van der Waals surface area contributed by atoms with Gasteiger partial charge in [-0.1, -0.05) is 0 Å². The molecule has 0 atom stereocenters. The zero-order valence-corrected chi connectivity index (χ0v) is 44.6. The fourth-order valence-electron chi connectivity index (χ4n) is 5.07. The van der Waals surface area contributed by atoms with Crippen LogP contribution in [-0.2, 0) is 47.8 Å². The lowest BCUT2D eigenvalue weighted by Gasteiger charge is -2.32. The van der Waals surface area contributed by atoms with E-state index in [2.05, 4.69) is 44.5 Å². The first-order valence-electron chi connectivity index (χ1n) is 21.1. The fourth-order valence-corrected chi connectivity index (χ4v) is 5.24. The number of carbonyl (C=O) groups is 10. The van der Waals surface area contributed by atoms with E-state index in [1.807, 2.05) is 34.9 Å². The smallest absolute Gasteiger partial charge is 0.407 e. The van der Waals surface area contributed by atoms with Crippen molar-refractivity contribution < 1.29 is 57.4 Å². The third-order valence-electron chi connectivity index (χ3n) is 8.30. The molecule has 0 radical (unpaired) electrons. The number of carbonyl (C=O) groups excluding carboxylic acids is 10. The Morgan fingerprint density at radius 3 is 1.06 bits per heavy atom. The summed E-state index contributed by atoms with van der Waals surface area (Å²) in [7, 11) is 12.9. The summed E-state index contributed by atoms with van der Waals surface area (Å²) in [5.41, 5.74) is 4.77. The number of piperidine rings is 3. The van der Waals surface area contributed by atoms with Gasteiger partial charge in [-0.25, -0.2) is 9.59 Å². The minimum atomic E-state index is -1.14. The zero-order valence-electron chi connectivity index (χ0n) is 41.5. The second-order valence-corrected chi connectivity index (χ2v) is 18.5. The van der Waals surface area contributed by atoms with E-state index in [4.69, 9.17) is 26.8 Å². The molecule has 0 unspecified atom stereocenters. The lowest BCUT2D eigenvalue weighted by molar-refractivity contribution is -0.151. The molecule has 3 aliphatic heterocycles. The number of halogens is 4. The Kier molecular flexibility index (Phi) is 37.3. The number of hydrogen-bond acceptors (Lipinski definition) is 15. The van der Waals surface area contributed by atoms with Gasteiger partial charge in [-0.2, -0.15) is 0 Å². The molecule has 0 aliphatic carbocycles. The monoisotopic (exact) mass is 1040 g/mol. The van der Waals surface area contributed by atoms with E-state index in [1.165, 1.54) is 28.8 Å². The fraction of sp³-hybridized carbons (Fsp3) is 0.756. The van der Waals surface area contributed by atoms with Crippen LogP contribution in [0.1, 0.15) is 80.1 Å². The van der Waals surface area contributed by atoms with Gasteiger partial charge in [-0.3, -0.25) is 38.4 Å². The lowest BCUT2D eigenvalue weighted by atomic mass is 10.1. The quantitative estimate of drug-likeness (QED) is 0.197. The number of hydrogen-bond donors (Lipinski definition) is 5. The van der Waals surface area contributed by atoms with E-state index in [1.54, 1.807) is 53.9 Å². The maximum Gasteiger partial charge on any atom is 0.407 e. The van der Waals surface area contributed by atoms with Crippen molar-refractivity contribution in [2.24, 2.45) is 5.73 Å². The van der Waals surface area contributed by atoms with Crippen molar-refractivity contribution >= 4 is 105 Å². The Labute approximate surface area is 417 Å². The number of likely N-dealkylation sites (N-methyl/N-ethyl adjacent to an activating group) is 3. The molecular weight excluding hydrogens is 966 g/mol. The third-order valence-corrected chi connectivity index (χ3v) is 8.90. The molecule has 0 bridgehead atoms. The van der Waals surface area contributed by atoms with Gasteiger partial charge in [0.15, 0.2) is 0 Å². The molecule has 22 nitrogen and oxygen atoms in total. The number of nitrogens with one attached hydrogen (secondary N) is 4. The SMILES string of the molecule is CC(C)(C)OC(=O)NC1CCNCC1.CN(C)C(=O)C(=O)Cl.CN(C)C(=O)C(=O)N1CCC(N)CC1.CN(C)C(=O)C(=O)N1CCC(NC(=O)OC(C)(C)C)CC1.CNC.Cl.O=C(Cl)C(=O)Cl. The first-order valence-corrected chi connectivity index (χ1v) is 22.2. The molecule has 0 saturated carbocycles. The molecule has 0 aromatic rings. The van der Waals surface area contributed by atoms with Crippen LogP contribution in [0.5, 0.6) is 0 Å². The van der Waals surface area contributed by atoms with Crippen molar-refractivity contribution in [3.8, 4) is 0 Å². The van der Waals surface area contributed by atoms with Gasteiger partial charge in [-0.15, -0.1) is 12.4 Å². The molecule has 390 valence electrons. The number of nitrogens with zero attached hydrogens (tertiary/aromatic N) is 5. The maximum absolute atomic E-state index is 11.9. The Balaban J connectivity index is -0.000000383. The summed E-state index contributed by atoms with van der Waals surface area (Å²) in [4.78, 5) is 115. The van der Waals surface area contributed by atoms with Gasteiger partial charge in [-0.05, 0) is 142 Å². The van der Waals surface area contributed by atoms with Crippen molar-refractivity contribution in [3.05, 3.63) is 0 Å². The van der Waals surface area contributed by atoms with Gasteiger partial charge in [0.25, 0.3) is 0 Å². The van der Waals surface area contributed by atoms with Crippen LogP contribution in [0.25, 0.3) is 0 Å². The summed E-state index contributed by atoms with van der Waals surface area (Å²) in [6.07, 6.45) is 4.02. The second kappa shape index (κ2) is 36.0. The van der Waals surface area contributed by atoms with Crippen LogP contribution in [0.2, 0.25) is 0 Å². The molecule has 3 heterocycles. The molecular formula is C41H76Cl4N10O12. The first-order chi connectivity index (χ1) is 30.2. The first kappa shape index (κ1) is 69.5. The molecule has 3 saturated heterocycles. The summed E-state index contributed by atoms with van der Waals surface area (Å²) in [5, 5.41) is 8.43. The van der Waals surface area contributed by atoms with Gasteiger partial charge >= 0.3 is 57.4 Å². The largest absolute Gasteiger partial charge is 0.444 e. The zero-order chi connectivity index (χ0) is 52.1. The summed E-state index contributed by atoms with van der Waals surface area (Å²) in [6.45, 7) is 15.1. The van der Waals surface area contributed by atoms with Gasteiger partial charge < -0.3 is 61.0 Å². The van der Waals surface area contributed by atoms with Crippen molar-refractivity contribution in [2.45, 2.75) is 109 Å². The van der Waals surface area contributed by atoms with E-state index < -0.39 is 62.6 Å². The van der Waals surface area contributed by atoms with Gasteiger partial charge in [0.1, 0.15) is 11.2 Å². The summed E-state index contributed by atoms with van der Waals surface area (Å²) in [5.74, 6) is -2.57. The Bertz CT molecular complexity index is 1560. The average molecular weight is 1040 g/mol. The molecule has 7 amide bonds. The Hall–Kier alpha value is -4.06. The highest BCUT2D eigenvalue weighted by Crippen LogP contribution is 2.14. The highest BCUT2D eigenvalue weighted by molar-refractivity contribution is 6.97. The van der Waals surface area contributed by atoms with Crippen molar-refractivity contribution in [1.82, 2.24) is 45.8 Å². The topological polar surface area (TPSA) is 280 Å². The van der Waals surface area contributed by atoms with Crippen LogP contribution < -0.4 is 27.0 Å². The number of likely N-dealkylation sites (tertiary alicyclic amines) is 2. The lowest BCUT2D eigenvalue weighted by Crippen LogP contribution is -2.50. The molecule has 0 aromatic heterocycles. The van der Waals surface area contributed by atoms with Crippen LogP contribution in [-0.4, -0.2) is 207 Å². The van der Waals surface area contributed by atoms with E-state index in [0.29, 0.717) is 39.0 Å². The minimum absolute atomic E-state index is 0. The standard InChI is InChI=1S/C14H25N3O4.C10H20N2O2.C9H17N3O2.C4H6ClNO2.C2Cl2O2.C2H7N.ClH/c1-14(2,3)21-13(20)15-10-6-8-17(9-7-10)12(19)11(18)16(4)5;1-10(2,3)14-9(13)12-8-4-6-11-7-5-8;1-11(2)8(13)9(14)12-5-3-7(10)4-6-12;1-6(2)4(8)3(5)7;3-1(5)2(4)6;1-3-2;/h10H,6-9H2,1-5H3,(H,15,20);8,11H,4-7H2,1-3H3,(H,12,13);7H,3-6,10H2,1-2H3;1-2H3;;3H,1-2H3;1H. The van der Waals surface area contributed by atoms with Gasteiger partial charge in [0.2, 0.25) is 0 Å². The number of amides is 7. The molecule has 3 rings (SSSR count). The Morgan fingerprint density at radius 2 is 0.821 bits per heavy atom. The highest BCUT2D eigenvalue weighted by Gasteiger charge is 2.30. The van der Waals surface area contributed by atoms with Gasteiger partial charge in [0.05, 0.1) is 0 Å². The van der Waals surface area contributed by atoms with Crippen molar-refractivity contribution in [2.75, 3.05) is 95.6 Å². The van der Waals surface area contributed by atoms with Crippen LogP contribution in [0.3, 0.4) is 0 Å². The van der Waals surface area contributed by atoms with E-state index >= 15 is 0 Å². The van der Waals surface area contributed by atoms with E-state index in [0.717, 1.165) is 43.7 Å². The normalized spacial score (nSPS) is 14.8. The molecule has 0 aromatic carbocycles. The van der Waals surface area contributed by atoms with Crippen LogP contribution in [0.4, 0.5) is 9.59 Å². The van der Waals surface area contributed by atoms with Gasteiger partial charge in [0, 0.05) is 86.6 Å². The molecule has 3 fully saturated rings. The average Bonchev–Trinajstić information content (AvgIpc) is 3.20. The second-order valence-electron chi connectivity index (χ2n) is 17.4.